The summed E-state index contributed by atoms with van der Waals surface area (Å²) in [6.07, 6.45) is 0. The van der Waals surface area contributed by atoms with E-state index in [2.05, 4.69) is 21.2 Å². The third-order valence-corrected chi connectivity index (χ3v) is 4.62. The molecule has 1 amide bonds. The second-order valence-electron chi connectivity index (χ2n) is 5.34. The van der Waals surface area contributed by atoms with E-state index < -0.39 is 0 Å². The molecule has 0 bridgehead atoms. The van der Waals surface area contributed by atoms with E-state index in [0.717, 1.165) is 26.6 Å². The normalized spacial score (nSPS) is 11.0. The van der Waals surface area contributed by atoms with Crippen LogP contribution in [0.25, 0.3) is 10.9 Å². The first-order chi connectivity index (χ1) is 11.0. The number of fused-ring (bicyclic) bond motifs is 1. The number of hydrogen-bond donors (Lipinski definition) is 1. The van der Waals surface area contributed by atoms with Crippen LogP contribution in [-0.4, -0.2) is 10.5 Å². The Morgan fingerprint density at radius 3 is 2.74 bits per heavy atom. The molecule has 1 heterocycles. The first-order valence-electron chi connectivity index (χ1n) is 7.36. The minimum absolute atomic E-state index is 0.116. The van der Waals surface area contributed by atoms with Gasteiger partial charge in [0.15, 0.2) is 0 Å². The number of nitrogens with one attached hydrogen (secondary N) is 1. The van der Waals surface area contributed by atoms with Gasteiger partial charge in [-0.25, -0.2) is 0 Å². The van der Waals surface area contributed by atoms with Gasteiger partial charge in [0.05, 0.1) is 0 Å². The Balaban J connectivity index is 2.08. The molecule has 1 N–H and O–H groups in total. The first kappa shape index (κ1) is 16.1. The molecule has 1 aromatic heterocycles. The lowest BCUT2D eigenvalue weighted by molar-refractivity contribution is 0.101. The number of nitrogens with zero attached hydrogens (tertiary/aromatic N) is 1. The van der Waals surface area contributed by atoms with Crippen molar-refractivity contribution in [2.45, 2.75) is 20.4 Å². The van der Waals surface area contributed by atoms with Crippen LogP contribution in [0.4, 0.5) is 5.69 Å². The van der Waals surface area contributed by atoms with E-state index >= 15 is 0 Å². The standard InChI is InChI=1S/C18H16BrClN2O/c1-3-22-16-8-7-13(20)10-15(16)11(2)17(22)18(23)21-14-6-4-5-12(19)9-14/h4-10H,3H2,1-2H3,(H,21,23). The third kappa shape index (κ3) is 3.01. The maximum Gasteiger partial charge on any atom is 0.272 e. The molecular formula is C18H16BrClN2O. The van der Waals surface area contributed by atoms with Gasteiger partial charge in [-0.2, -0.15) is 0 Å². The Hall–Kier alpha value is -1.78. The zero-order valence-electron chi connectivity index (χ0n) is 12.9. The molecule has 0 saturated heterocycles. The Morgan fingerprint density at radius 2 is 2.04 bits per heavy atom. The molecule has 2 aromatic carbocycles. The lowest BCUT2D eigenvalue weighted by atomic mass is 10.1. The predicted octanol–water partition coefficient (Wildman–Crippen LogP) is 5.64. The van der Waals surface area contributed by atoms with Crippen LogP contribution in [-0.2, 0) is 6.54 Å². The van der Waals surface area contributed by atoms with Gasteiger partial charge in [0, 0.05) is 32.6 Å². The van der Waals surface area contributed by atoms with Crippen molar-refractivity contribution >= 4 is 50.0 Å². The number of carbonyl (C=O) groups is 1. The number of anilines is 1. The molecule has 3 nitrogen and oxygen atoms in total. The number of halogens is 2. The van der Waals surface area contributed by atoms with Crippen LogP contribution in [0.3, 0.4) is 0 Å². The van der Waals surface area contributed by atoms with Gasteiger partial charge in [0.2, 0.25) is 0 Å². The number of aromatic nitrogens is 1. The molecule has 0 spiro atoms. The number of aryl methyl sites for hydroxylation is 2. The number of amides is 1. The molecule has 0 atom stereocenters. The summed E-state index contributed by atoms with van der Waals surface area (Å²) in [5.74, 6) is -0.116. The number of hydrogen-bond acceptors (Lipinski definition) is 1. The highest BCUT2D eigenvalue weighted by atomic mass is 79.9. The van der Waals surface area contributed by atoms with Crippen molar-refractivity contribution in [2.75, 3.05) is 5.32 Å². The quantitative estimate of drug-likeness (QED) is 0.616. The fourth-order valence-electron chi connectivity index (χ4n) is 2.87. The summed E-state index contributed by atoms with van der Waals surface area (Å²) in [5.41, 5.74) is 3.39. The molecular weight excluding hydrogens is 376 g/mol. The van der Waals surface area contributed by atoms with E-state index in [0.29, 0.717) is 17.3 Å². The SMILES string of the molecule is CCn1c(C(=O)Nc2cccc(Br)c2)c(C)c2cc(Cl)ccc21. The fraction of sp³-hybridized carbons (Fsp3) is 0.167. The molecule has 0 unspecified atom stereocenters. The predicted molar refractivity (Wildman–Crippen MR) is 99.5 cm³/mol. The second-order valence-corrected chi connectivity index (χ2v) is 6.70. The van der Waals surface area contributed by atoms with Crippen molar-refractivity contribution in [3.8, 4) is 0 Å². The molecule has 3 aromatic rings. The Labute approximate surface area is 148 Å². The van der Waals surface area contributed by atoms with Gasteiger partial charge in [-0.3, -0.25) is 4.79 Å². The topological polar surface area (TPSA) is 34.0 Å². The lowest BCUT2D eigenvalue weighted by Gasteiger charge is -2.10. The van der Waals surface area contributed by atoms with Gasteiger partial charge < -0.3 is 9.88 Å². The van der Waals surface area contributed by atoms with Gasteiger partial charge in [0.25, 0.3) is 5.91 Å². The van der Waals surface area contributed by atoms with E-state index in [-0.39, 0.29) is 5.91 Å². The molecule has 0 aliphatic heterocycles. The van der Waals surface area contributed by atoms with E-state index in [1.807, 2.05) is 60.9 Å². The average molecular weight is 392 g/mol. The largest absolute Gasteiger partial charge is 0.337 e. The van der Waals surface area contributed by atoms with Crippen molar-refractivity contribution in [1.82, 2.24) is 4.57 Å². The van der Waals surface area contributed by atoms with Crippen LogP contribution < -0.4 is 5.32 Å². The van der Waals surface area contributed by atoms with Gasteiger partial charge in [-0.15, -0.1) is 0 Å². The lowest BCUT2D eigenvalue weighted by Crippen LogP contribution is -2.17. The van der Waals surface area contributed by atoms with Gasteiger partial charge >= 0.3 is 0 Å². The van der Waals surface area contributed by atoms with Crippen LogP contribution in [0.15, 0.2) is 46.9 Å². The Morgan fingerprint density at radius 1 is 1.26 bits per heavy atom. The zero-order valence-corrected chi connectivity index (χ0v) is 15.2. The number of benzene rings is 2. The summed E-state index contributed by atoms with van der Waals surface area (Å²) >= 11 is 9.52. The van der Waals surface area contributed by atoms with Crippen molar-refractivity contribution in [3.05, 3.63) is 63.2 Å². The molecule has 0 fully saturated rings. The molecule has 118 valence electrons. The summed E-state index contributed by atoms with van der Waals surface area (Å²) in [4.78, 5) is 12.8. The molecule has 0 saturated carbocycles. The van der Waals surface area contributed by atoms with E-state index in [9.17, 15) is 4.79 Å². The second kappa shape index (κ2) is 6.38. The summed E-state index contributed by atoms with van der Waals surface area (Å²) in [7, 11) is 0. The highest BCUT2D eigenvalue weighted by molar-refractivity contribution is 9.10. The summed E-state index contributed by atoms with van der Waals surface area (Å²) < 4.78 is 2.95. The molecule has 0 aliphatic rings. The van der Waals surface area contributed by atoms with Gasteiger partial charge in [-0.05, 0) is 55.8 Å². The fourth-order valence-corrected chi connectivity index (χ4v) is 3.44. The summed E-state index contributed by atoms with van der Waals surface area (Å²) in [6, 6.07) is 13.3. The summed E-state index contributed by atoms with van der Waals surface area (Å²) in [6.45, 7) is 4.71. The highest BCUT2D eigenvalue weighted by Crippen LogP contribution is 2.29. The van der Waals surface area contributed by atoms with Crippen molar-refractivity contribution in [1.29, 1.82) is 0 Å². The monoisotopic (exact) mass is 390 g/mol. The van der Waals surface area contributed by atoms with E-state index in [1.165, 1.54) is 0 Å². The van der Waals surface area contributed by atoms with Crippen molar-refractivity contribution in [2.24, 2.45) is 0 Å². The Kier molecular flexibility index (Phi) is 4.46. The average Bonchev–Trinajstić information content (AvgIpc) is 2.79. The van der Waals surface area contributed by atoms with Gasteiger partial charge in [-0.1, -0.05) is 33.6 Å². The molecule has 23 heavy (non-hydrogen) atoms. The molecule has 0 aliphatic carbocycles. The van der Waals surface area contributed by atoms with E-state index in [4.69, 9.17) is 11.6 Å². The summed E-state index contributed by atoms with van der Waals surface area (Å²) in [5, 5.41) is 4.65. The smallest absolute Gasteiger partial charge is 0.272 e. The third-order valence-electron chi connectivity index (χ3n) is 3.89. The minimum Gasteiger partial charge on any atom is -0.337 e. The number of carbonyl (C=O) groups excluding carboxylic acids is 1. The first-order valence-corrected chi connectivity index (χ1v) is 8.53. The van der Waals surface area contributed by atoms with Crippen molar-refractivity contribution < 1.29 is 4.79 Å². The van der Waals surface area contributed by atoms with E-state index in [1.54, 1.807) is 0 Å². The number of rotatable bonds is 3. The maximum atomic E-state index is 12.8. The van der Waals surface area contributed by atoms with Gasteiger partial charge in [0.1, 0.15) is 5.69 Å². The highest BCUT2D eigenvalue weighted by Gasteiger charge is 2.19. The van der Waals surface area contributed by atoms with Crippen molar-refractivity contribution in [3.63, 3.8) is 0 Å². The molecule has 3 rings (SSSR count). The minimum atomic E-state index is -0.116. The van der Waals surface area contributed by atoms with Crippen LogP contribution in [0, 0.1) is 6.92 Å². The van der Waals surface area contributed by atoms with Crippen LogP contribution >= 0.6 is 27.5 Å². The molecule has 5 heteroatoms. The molecule has 0 radical (unpaired) electrons. The van der Waals surface area contributed by atoms with Crippen LogP contribution in [0.5, 0.6) is 0 Å². The van der Waals surface area contributed by atoms with Crippen LogP contribution in [0.2, 0.25) is 5.02 Å². The zero-order chi connectivity index (χ0) is 16.6. The van der Waals surface area contributed by atoms with Crippen LogP contribution in [0.1, 0.15) is 23.0 Å². The maximum absolute atomic E-state index is 12.8. The Bertz CT molecular complexity index is 901.